The number of benzene rings is 3. The molecule has 170 valence electrons. The van der Waals surface area contributed by atoms with Gasteiger partial charge in [-0.25, -0.2) is 4.98 Å². The van der Waals surface area contributed by atoms with Gasteiger partial charge in [0.15, 0.2) is 0 Å². The molecule has 1 amide bonds. The standard InChI is InChI=1S/C28H24ClN3O2/c1-17-12-18(10-11-24(17)29)27-14-23(22-7-3-5-9-26(22)32-27)28(34)31-20(16-33)13-19-15-30-25-8-4-2-6-21(19)25/h2-12,14-15,20,30,33H,13,16H2,1H3,(H,31,34)/t20-/m1/s1. The summed E-state index contributed by atoms with van der Waals surface area (Å²) in [7, 11) is 0. The van der Waals surface area contributed by atoms with E-state index in [0.717, 1.165) is 38.5 Å². The number of carbonyl (C=O) groups is 1. The van der Waals surface area contributed by atoms with Crippen LogP contribution in [0.25, 0.3) is 33.1 Å². The molecule has 2 heterocycles. The molecule has 34 heavy (non-hydrogen) atoms. The van der Waals surface area contributed by atoms with Gasteiger partial charge in [0, 0.05) is 33.1 Å². The lowest BCUT2D eigenvalue weighted by molar-refractivity contribution is 0.0918. The van der Waals surface area contributed by atoms with Gasteiger partial charge in [-0.1, -0.05) is 54.1 Å². The van der Waals surface area contributed by atoms with Crippen LogP contribution in [0, 0.1) is 6.92 Å². The summed E-state index contributed by atoms with van der Waals surface area (Å²) in [6.07, 6.45) is 2.45. The van der Waals surface area contributed by atoms with Crippen LogP contribution >= 0.6 is 11.6 Å². The highest BCUT2D eigenvalue weighted by atomic mass is 35.5. The van der Waals surface area contributed by atoms with Crippen molar-refractivity contribution in [3.05, 3.63) is 101 Å². The Kier molecular flexibility index (Phi) is 6.05. The molecule has 3 aromatic carbocycles. The van der Waals surface area contributed by atoms with Crippen molar-refractivity contribution in [1.82, 2.24) is 15.3 Å². The van der Waals surface area contributed by atoms with Crippen LogP contribution in [0.5, 0.6) is 0 Å². The van der Waals surface area contributed by atoms with E-state index in [9.17, 15) is 9.90 Å². The van der Waals surface area contributed by atoms with Crippen LogP contribution in [0.15, 0.2) is 79.0 Å². The molecule has 2 aromatic heterocycles. The number of nitrogens with zero attached hydrogens (tertiary/aromatic N) is 1. The normalized spacial score (nSPS) is 12.2. The summed E-state index contributed by atoms with van der Waals surface area (Å²) >= 11 is 6.20. The van der Waals surface area contributed by atoms with E-state index in [4.69, 9.17) is 16.6 Å². The minimum Gasteiger partial charge on any atom is -0.394 e. The molecule has 1 atom stereocenters. The number of pyridine rings is 1. The second-order valence-electron chi connectivity index (χ2n) is 8.45. The molecule has 0 spiro atoms. The highest BCUT2D eigenvalue weighted by Crippen LogP contribution is 2.28. The highest BCUT2D eigenvalue weighted by Gasteiger charge is 2.19. The fraction of sp³-hybridized carbons (Fsp3) is 0.143. The molecule has 5 nitrogen and oxygen atoms in total. The third-order valence-corrected chi connectivity index (χ3v) is 6.54. The quantitative estimate of drug-likeness (QED) is 0.299. The molecule has 0 fully saturated rings. The Hall–Kier alpha value is -3.67. The molecule has 6 heteroatoms. The molecule has 0 saturated carbocycles. The maximum absolute atomic E-state index is 13.4. The van der Waals surface area contributed by atoms with E-state index in [0.29, 0.717) is 22.7 Å². The van der Waals surface area contributed by atoms with Gasteiger partial charge in [0.05, 0.1) is 29.4 Å². The first-order chi connectivity index (χ1) is 16.5. The van der Waals surface area contributed by atoms with E-state index in [1.807, 2.05) is 79.9 Å². The number of aliphatic hydroxyl groups excluding tert-OH is 1. The summed E-state index contributed by atoms with van der Waals surface area (Å²) in [5, 5.41) is 15.6. The van der Waals surface area contributed by atoms with Crippen molar-refractivity contribution in [1.29, 1.82) is 0 Å². The molecule has 5 rings (SSSR count). The number of aromatic nitrogens is 2. The minimum absolute atomic E-state index is 0.169. The van der Waals surface area contributed by atoms with Crippen molar-refractivity contribution in [2.75, 3.05) is 6.61 Å². The Bertz CT molecular complexity index is 1510. The molecule has 0 aliphatic heterocycles. The summed E-state index contributed by atoms with van der Waals surface area (Å²) in [4.78, 5) is 21.5. The number of aliphatic hydroxyl groups is 1. The lowest BCUT2D eigenvalue weighted by Crippen LogP contribution is -2.39. The number of aryl methyl sites for hydroxylation is 1. The average molecular weight is 470 g/mol. The lowest BCUT2D eigenvalue weighted by Gasteiger charge is -2.17. The third-order valence-electron chi connectivity index (χ3n) is 6.11. The first kappa shape index (κ1) is 22.1. The van der Waals surface area contributed by atoms with Gasteiger partial charge in [-0.2, -0.15) is 0 Å². The van der Waals surface area contributed by atoms with E-state index >= 15 is 0 Å². The summed E-state index contributed by atoms with van der Waals surface area (Å²) in [6, 6.07) is 22.7. The van der Waals surface area contributed by atoms with Crippen molar-refractivity contribution in [2.45, 2.75) is 19.4 Å². The molecule has 0 bridgehead atoms. The molecule has 0 saturated heterocycles. The van der Waals surface area contributed by atoms with Crippen molar-refractivity contribution in [2.24, 2.45) is 0 Å². The van der Waals surface area contributed by atoms with E-state index < -0.39 is 6.04 Å². The van der Waals surface area contributed by atoms with Crippen molar-refractivity contribution >= 4 is 39.3 Å². The first-order valence-electron chi connectivity index (χ1n) is 11.2. The molecule has 3 N–H and O–H groups in total. The molecular weight excluding hydrogens is 446 g/mol. The van der Waals surface area contributed by atoms with Crippen LogP contribution in [-0.2, 0) is 6.42 Å². The number of carbonyl (C=O) groups excluding carboxylic acids is 1. The van der Waals surface area contributed by atoms with Gasteiger partial charge in [-0.3, -0.25) is 4.79 Å². The minimum atomic E-state index is -0.431. The number of hydrogen-bond acceptors (Lipinski definition) is 3. The second kappa shape index (κ2) is 9.29. The maximum Gasteiger partial charge on any atom is 0.252 e. The first-order valence-corrected chi connectivity index (χ1v) is 11.5. The summed E-state index contributed by atoms with van der Waals surface area (Å²) in [5.41, 5.74) is 5.86. The van der Waals surface area contributed by atoms with Gasteiger partial charge in [-0.15, -0.1) is 0 Å². The zero-order valence-electron chi connectivity index (χ0n) is 18.7. The molecule has 0 radical (unpaired) electrons. The number of rotatable bonds is 6. The number of fused-ring (bicyclic) bond motifs is 2. The van der Waals surface area contributed by atoms with Gasteiger partial charge in [0.2, 0.25) is 0 Å². The van der Waals surface area contributed by atoms with E-state index in [-0.39, 0.29) is 12.5 Å². The van der Waals surface area contributed by atoms with Crippen molar-refractivity contribution < 1.29 is 9.90 Å². The lowest BCUT2D eigenvalue weighted by atomic mass is 10.0. The number of H-pyrrole nitrogens is 1. The zero-order valence-corrected chi connectivity index (χ0v) is 19.4. The predicted octanol–water partition coefficient (Wildman–Crippen LogP) is 5.68. The van der Waals surface area contributed by atoms with Crippen LogP contribution in [0.3, 0.4) is 0 Å². The number of hydrogen-bond donors (Lipinski definition) is 3. The number of aromatic amines is 1. The predicted molar refractivity (Wildman–Crippen MR) is 137 cm³/mol. The van der Waals surface area contributed by atoms with Gasteiger partial charge in [0.1, 0.15) is 0 Å². The summed E-state index contributed by atoms with van der Waals surface area (Å²) in [6.45, 7) is 1.77. The summed E-state index contributed by atoms with van der Waals surface area (Å²) in [5.74, 6) is -0.246. The van der Waals surface area contributed by atoms with Crippen LogP contribution in [0.2, 0.25) is 5.02 Å². The smallest absolute Gasteiger partial charge is 0.252 e. The van der Waals surface area contributed by atoms with Crippen molar-refractivity contribution in [3.8, 4) is 11.3 Å². The van der Waals surface area contributed by atoms with Crippen LogP contribution in [0.1, 0.15) is 21.5 Å². The molecule has 5 aromatic rings. The third kappa shape index (κ3) is 4.28. The van der Waals surface area contributed by atoms with E-state index in [1.165, 1.54) is 0 Å². The van der Waals surface area contributed by atoms with Gasteiger partial charge in [-0.05, 0) is 54.8 Å². The molecule has 0 aliphatic rings. The van der Waals surface area contributed by atoms with Gasteiger partial charge < -0.3 is 15.4 Å². The van der Waals surface area contributed by atoms with Crippen LogP contribution in [-0.4, -0.2) is 33.6 Å². The molecular formula is C28H24ClN3O2. The molecule has 0 unspecified atom stereocenters. The average Bonchev–Trinajstić information content (AvgIpc) is 3.27. The van der Waals surface area contributed by atoms with Gasteiger partial charge >= 0.3 is 0 Å². The Morgan fingerprint density at radius 2 is 1.82 bits per heavy atom. The van der Waals surface area contributed by atoms with E-state index in [2.05, 4.69) is 10.3 Å². The Balaban J connectivity index is 1.48. The Morgan fingerprint density at radius 3 is 2.62 bits per heavy atom. The SMILES string of the molecule is Cc1cc(-c2cc(C(=O)N[C@@H](CO)Cc3c[nH]c4ccccc34)c3ccccc3n2)ccc1Cl. The Morgan fingerprint density at radius 1 is 1.06 bits per heavy atom. The van der Waals surface area contributed by atoms with Crippen LogP contribution < -0.4 is 5.32 Å². The maximum atomic E-state index is 13.4. The fourth-order valence-electron chi connectivity index (χ4n) is 4.31. The number of halogens is 1. The zero-order chi connectivity index (χ0) is 23.7. The van der Waals surface area contributed by atoms with E-state index in [1.54, 1.807) is 6.07 Å². The number of nitrogens with one attached hydrogen (secondary N) is 2. The highest BCUT2D eigenvalue weighted by molar-refractivity contribution is 6.31. The summed E-state index contributed by atoms with van der Waals surface area (Å²) < 4.78 is 0. The van der Waals surface area contributed by atoms with Crippen LogP contribution in [0.4, 0.5) is 0 Å². The molecule has 0 aliphatic carbocycles. The topological polar surface area (TPSA) is 78.0 Å². The van der Waals surface area contributed by atoms with Gasteiger partial charge in [0.25, 0.3) is 5.91 Å². The monoisotopic (exact) mass is 469 g/mol. The number of para-hydroxylation sites is 2. The number of amides is 1. The second-order valence-corrected chi connectivity index (χ2v) is 8.86. The van der Waals surface area contributed by atoms with Crippen molar-refractivity contribution in [3.63, 3.8) is 0 Å². The fourth-order valence-corrected chi connectivity index (χ4v) is 4.42. The Labute approximate surface area is 202 Å². The largest absolute Gasteiger partial charge is 0.394 e.